The van der Waals surface area contributed by atoms with Crippen LogP contribution < -0.4 is 9.64 Å². The Kier molecular flexibility index (Phi) is 4.87. The van der Waals surface area contributed by atoms with Gasteiger partial charge in [-0.3, -0.25) is 9.69 Å². The predicted octanol–water partition coefficient (Wildman–Crippen LogP) is -0.238. The van der Waals surface area contributed by atoms with E-state index in [0.717, 1.165) is 5.69 Å². The number of rotatable bonds is 5. The average molecular weight is 362 g/mol. The number of morpholine rings is 1. The Morgan fingerprint density at radius 3 is 2.92 bits per heavy atom. The van der Waals surface area contributed by atoms with Crippen LogP contribution in [0.3, 0.4) is 0 Å². The van der Waals surface area contributed by atoms with E-state index in [4.69, 9.17) is 14.6 Å². The van der Waals surface area contributed by atoms with Crippen molar-refractivity contribution in [3.8, 4) is 11.6 Å². The van der Waals surface area contributed by atoms with Crippen molar-refractivity contribution >= 4 is 17.7 Å². The molecule has 3 rings (SSSR count). The van der Waals surface area contributed by atoms with Gasteiger partial charge in [0.2, 0.25) is 5.88 Å². The van der Waals surface area contributed by atoms with E-state index in [1.165, 1.54) is 12.0 Å². The lowest BCUT2D eigenvalue weighted by Crippen LogP contribution is -2.54. The zero-order valence-electron chi connectivity index (χ0n) is 14.2. The molecule has 1 saturated heterocycles. The molecule has 0 saturated carbocycles. The van der Waals surface area contributed by atoms with Gasteiger partial charge in [-0.25, -0.2) is 14.5 Å². The molecule has 1 aliphatic rings. The van der Waals surface area contributed by atoms with Gasteiger partial charge in [-0.05, 0) is 13.0 Å². The summed E-state index contributed by atoms with van der Waals surface area (Å²) < 4.78 is 11.9. The fraction of sp³-hybridized carbons (Fsp3) is 0.375. The number of aliphatic hydroxyl groups is 1. The molecule has 1 aliphatic heterocycles. The predicted molar refractivity (Wildman–Crippen MR) is 88.4 cm³/mol. The summed E-state index contributed by atoms with van der Waals surface area (Å²) in [5, 5.41) is 23.0. The highest BCUT2D eigenvalue weighted by Gasteiger charge is 2.40. The van der Waals surface area contributed by atoms with Crippen molar-refractivity contribution in [1.29, 1.82) is 0 Å². The van der Waals surface area contributed by atoms with Crippen molar-refractivity contribution in [2.45, 2.75) is 19.1 Å². The van der Waals surface area contributed by atoms with Crippen molar-refractivity contribution in [1.82, 2.24) is 14.8 Å². The zero-order chi connectivity index (χ0) is 18.8. The van der Waals surface area contributed by atoms with Crippen LogP contribution in [0.15, 0.2) is 24.4 Å². The molecule has 2 atom stereocenters. The fourth-order valence-corrected chi connectivity index (χ4v) is 2.68. The monoisotopic (exact) mass is 362 g/mol. The van der Waals surface area contributed by atoms with Crippen molar-refractivity contribution in [3.05, 3.63) is 30.1 Å². The second-order valence-corrected chi connectivity index (χ2v) is 5.68. The molecule has 1 amide bonds. The number of carbonyl (C=O) groups excluding carboxylic acids is 1. The third-order valence-electron chi connectivity index (χ3n) is 3.98. The fourth-order valence-electron chi connectivity index (χ4n) is 2.68. The number of nitrogens with zero attached hydrogens (tertiary/aromatic N) is 4. The SMILES string of the molecule is COc1cc(-n2nc(N3CCOC(C(O)C(=O)O)C3=O)cc2C)ccn1. The maximum atomic E-state index is 12.5. The number of carbonyl (C=O) groups is 2. The van der Waals surface area contributed by atoms with E-state index in [9.17, 15) is 14.7 Å². The first-order valence-electron chi connectivity index (χ1n) is 7.83. The lowest BCUT2D eigenvalue weighted by atomic mass is 10.1. The Morgan fingerprint density at radius 2 is 2.23 bits per heavy atom. The number of aromatic nitrogens is 3. The number of aliphatic hydroxyl groups excluding tert-OH is 1. The molecule has 0 spiro atoms. The van der Waals surface area contributed by atoms with Crippen molar-refractivity contribution in [2.24, 2.45) is 0 Å². The minimum atomic E-state index is -1.93. The third-order valence-corrected chi connectivity index (χ3v) is 3.98. The minimum Gasteiger partial charge on any atom is -0.481 e. The number of aliphatic carboxylic acids is 1. The highest BCUT2D eigenvalue weighted by atomic mass is 16.5. The van der Waals surface area contributed by atoms with Gasteiger partial charge in [-0.1, -0.05) is 0 Å². The van der Waals surface area contributed by atoms with Crippen molar-refractivity contribution in [3.63, 3.8) is 0 Å². The van der Waals surface area contributed by atoms with Crippen LogP contribution in [-0.4, -0.2) is 69.3 Å². The van der Waals surface area contributed by atoms with Gasteiger partial charge in [-0.2, -0.15) is 0 Å². The summed E-state index contributed by atoms with van der Waals surface area (Å²) in [5.41, 5.74) is 1.45. The van der Waals surface area contributed by atoms with Gasteiger partial charge in [0, 0.05) is 24.0 Å². The molecule has 0 aromatic carbocycles. The van der Waals surface area contributed by atoms with Crippen molar-refractivity contribution in [2.75, 3.05) is 25.2 Å². The molecular weight excluding hydrogens is 344 g/mol. The van der Waals surface area contributed by atoms with Crippen LogP contribution in [0.4, 0.5) is 5.82 Å². The van der Waals surface area contributed by atoms with Gasteiger partial charge >= 0.3 is 5.97 Å². The highest BCUT2D eigenvalue weighted by molar-refractivity contribution is 5.99. The Morgan fingerprint density at radius 1 is 1.46 bits per heavy atom. The maximum absolute atomic E-state index is 12.5. The first-order valence-corrected chi connectivity index (χ1v) is 7.83. The minimum absolute atomic E-state index is 0.0930. The van der Waals surface area contributed by atoms with E-state index >= 15 is 0 Å². The quantitative estimate of drug-likeness (QED) is 0.746. The van der Waals surface area contributed by atoms with E-state index in [0.29, 0.717) is 17.4 Å². The topological polar surface area (TPSA) is 127 Å². The first kappa shape index (κ1) is 17.8. The molecule has 0 aliphatic carbocycles. The molecule has 0 bridgehead atoms. The first-order chi connectivity index (χ1) is 12.4. The maximum Gasteiger partial charge on any atom is 0.335 e. The summed E-state index contributed by atoms with van der Waals surface area (Å²) in [7, 11) is 1.51. The molecule has 3 heterocycles. The molecule has 0 radical (unpaired) electrons. The number of anilines is 1. The highest BCUT2D eigenvalue weighted by Crippen LogP contribution is 2.23. The van der Waals surface area contributed by atoms with E-state index in [2.05, 4.69) is 10.1 Å². The van der Waals surface area contributed by atoms with E-state index in [-0.39, 0.29) is 13.2 Å². The van der Waals surface area contributed by atoms with Crippen molar-refractivity contribution < 1.29 is 29.3 Å². The second kappa shape index (κ2) is 7.10. The van der Waals surface area contributed by atoms with Gasteiger partial charge in [0.05, 0.1) is 25.9 Å². The number of ether oxygens (including phenoxy) is 2. The number of carboxylic acids is 1. The molecule has 10 nitrogen and oxygen atoms in total. The summed E-state index contributed by atoms with van der Waals surface area (Å²) in [6.07, 6.45) is -1.82. The number of amides is 1. The summed E-state index contributed by atoms with van der Waals surface area (Å²) in [4.78, 5) is 28.8. The van der Waals surface area contributed by atoms with Gasteiger partial charge < -0.3 is 19.7 Å². The Balaban J connectivity index is 1.90. The molecular formula is C16H18N4O6. The standard InChI is InChI=1S/C16H18N4O6/c1-9-7-11(18-20(9)10-3-4-17-12(8-10)25-2)19-5-6-26-14(15(19)22)13(21)16(23)24/h3-4,7-8,13-14,21H,5-6H2,1-2H3,(H,23,24). The summed E-state index contributed by atoms with van der Waals surface area (Å²) in [6, 6.07) is 5.13. The Labute approximate surface area is 148 Å². The zero-order valence-corrected chi connectivity index (χ0v) is 14.2. The van der Waals surface area contributed by atoms with Gasteiger partial charge in [0.15, 0.2) is 18.0 Å². The van der Waals surface area contributed by atoms with E-state index in [1.807, 2.05) is 6.92 Å². The molecule has 10 heteroatoms. The molecule has 138 valence electrons. The van der Waals surface area contributed by atoms with E-state index in [1.54, 1.807) is 29.1 Å². The number of pyridine rings is 1. The van der Waals surface area contributed by atoms with Crippen LogP contribution in [0.1, 0.15) is 5.69 Å². The van der Waals surface area contributed by atoms with Gasteiger partial charge in [0.25, 0.3) is 5.91 Å². The van der Waals surface area contributed by atoms with Gasteiger partial charge in [-0.15, -0.1) is 5.10 Å². The lowest BCUT2D eigenvalue weighted by molar-refractivity contribution is -0.163. The Bertz CT molecular complexity index is 836. The normalized spacial score (nSPS) is 18.7. The number of hydrogen-bond donors (Lipinski definition) is 2. The molecule has 2 aromatic rings. The summed E-state index contributed by atoms with van der Waals surface area (Å²) >= 11 is 0. The largest absolute Gasteiger partial charge is 0.481 e. The number of aryl methyl sites for hydroxylation is 1. The number of methoxy groups -OCH3 is 1. The van der Waals surface area contributed by atoms with Crippen LogP contribution in [0.25, 0.3) is 5.69 Å². The van der Waals surface area contributed by atoms with Crippen LogP contribution in [0.2, 0.25) is 0 Å². The smallest absolute Gasteiger partial charge is 0.335 e. The van der Waals surface area contributed by atoms with E-state index < -0.39 is 24.1 Å². The third kappa shape index (κ3) is 3.24. The molecule has 26 heavy (non-hydrogen) atoms. The van der Waals surface area contributed by atoms with Crippen LogP contribution in [-0.2, 0) is 14.3 Å². The lowest BCUT2D eigenvalue weighted by Gasteiger charge is -2.31. The molecule has 2 aromatic heterocycles. The second-order valence-electron chi connectivity index (χ2n) is 5.68. The summed E-state index contributed by atoms with van der Waals surface area (Å²) in [6.45, 7) is 2.12. The summed E-state index contributed by atoms with van der Waals surface area (Å²) in [5.74, 6) is -1.40. The van der Waals surface area contributed by atoms with Crippen LogP contribution >= 0.6 is 0 Å². The van der Waals surface area contributed by atoms with Gasteiger partial charge in [0.1, 0.15) is 0 Å². The van der Waals surface area contributed by atoms with Crippen LogP contribution in [0.5, 0.6) is 5.88 Å². The molecule has 2 unspecified atom stereocenters. The van der Waals surface area contributed by atoms with Crippen LogP contribution in [0, 0.1) is 6.92 Å². The molecule has 1 fully saturated rings. The Hall–Kier alpha value is -2.98. The number of hydrogen-bond acceptors (Lipinski definition) is 7. The number of carboxylic acid groups (broad SMARTS) is 1. The molecule has 2 N–H and O–H groups in total. The average Bonchev–Trinajstić information content (AvgIpc) is 3.02.